The van der Waals surface area contributed by atoms with Crippen LogP contribution in [0.25, 0.3) is 0 Å². The van der Waals surface area contributed by atoms with Crippen LogP contribution in [0.4, 0.5) is 20.2 Å². The number of nitrogens with one attached hydrogen (secondary N) is 1. The van der Waals surface area contributed by atoms with E-state index in [9.17, 15) is 8.78 Å². The molecule has 6 heteroatoms. The van der Waals surface area contributed by atoms with Gasteiger partial charge in [-0.1, -0.05) is 11.6 Å². The Bertz CT molecular complexity index is 718. The number of nitrogens with zero attached hydrogens (tertiary/aromatic N) is 1. The maximum atomic E-state index is 13.9. The average Bonchev–Trinajstić information content (AvgIpc) is 2.45. The molecule has 0 bridgehead atoms. The first-order valence-electron chi connectivity index (χ1n) is 5.96. The second-order valence-electron chi connectivity index (χ2n) is 4.35. The molecule has 3 nitrogen and oxygen atoms in total. The Kier molecular flexibility index (Phi) is 4.29. The molecule has 0 atom stereocenters. The molecule has 2 aromatic rings. The van der Waals surface area contributed by atoms with Crippen molar-refractivity contribution in [3.8, 4) is 11.8 Å². The van der Waals surface area contributed by atoms with Crippen LogP contribution in [0.1, 0.15) is 11.1 Å². The number of halogens is 3. The maximum absolute atomic E-state index is 13.9. The fourth-order valence-electron chi connectivity index (χ4n) is 1.82. The van der Waals surface area contributed by atoms with Crippen molar-refractivity contribution in [1.82, 2.24) is 0 Å². The summed E-state index contributed by atoms with van der Waals surface area (Å²) in [6.45, 7) is 1.76. The van der Waals surface area contributed by atoms with Crippen molar-refractivity contribution in [3.05, 3.63) is 52.0 Å². The second-order valence-corrected chi connectivity index (χ2v) is 4.76. The van der Waals surface area contributed by atoms with Crippen LogP contribution in [0.5, 0.6) is 5.75 Å². The van der Waals surface area contributed by atoms with Crippen molar-refractivity contribution in [2.24, 2.45) is 0 Å². The van der Waals surface area contributed by atoms with Crippen molar-refractivity contribution in [2.75, 3.05) is 12.4 Å². The molecule has 21 heavy (non-hydrogen) atoms. The van der Waals surface area contributed by atoms with Gasteiger partial charge >= 0.3 is 0 Å². The molecule has 0 aliphatic carbocycles. The number of hydrogen-bond donors (Lipinski definition) is 1. The normalized spacial score (nSPS) is 10.1. The highest BCUT2D eigenvalue weighted by Crippen LogP contribution is 2.34. The number of aryl methyl sites for hydroxylation is 1. The van der Waals surface area contributed by atoms with Gasteiger partial charge in [-0.25, -0.2) is 8.78 Å². The third-order valence-electron chi connectivity index (χ3n) is 2.91. The molecule has 1 N–H and O–H groups in total. The number of nitriles is 1. The summed E-state index contributed by atoms with van der Waals surface area (Å²) < 4.78 is 32.9. The maximum Gasteiger partial charge on any atom is 0.150 e. The molecule has 0 radical (unpaired) electrons. The predicted molar refractivity (Wildman–Crippen MR) is 77.1 cm³/mol. The van der Waals surface area contributed by atoms with E-state index in [-0.39, 0.29) is 11.3 Å². The lowest BCUT2D eigenvalue weighted by Gasteiger charge is -2.14. The molecule has 0 saturated heterocycles. The fraction of sp³-hybridized carbons (Fsp3) is 0.133. The molecule has 0 fully saturated rings. The minimum absolute atomic E-state index is 0.0881. The summed E-state index contributed by atoms with van der Waals surface area (Å²) in [4.78, 5) is 0. The van der Waals surface area contributed by atoms with Gasteiger partial charge in [-0.15, -0.1) is 0 Å². The Morgan fingerprint density at radius 3 is 2.33 bits per heavy atom. The van der Waals surface area contributed by atoms with Crippen molar-refractivity contribution in [3.63, 3.8) is 0 Å². The molecular weight excluding hydrogens is 298 g/mol. The van der Waals surface area contributed by atoms with Crippen LogP contribution in [0, 0.1) is 29.9 Å². The van der Waals surface area contributed by atoms with Gasteiger partial charge in [-0.05, 0) is 30.7 Å². The first-order chi connectivity index (χ1) is 9.96. The SMILES string of the molecule is COc1cc(Cl)c(C)cc1Nc1c(F)cc(C#N)cc1F. The van der Waals surface area contributed by atoms with E-state index in [1.807, 2.05) is 0 Å². The zero-order chi connectivity index (χ0) is 15.6. The van der Waals surface area contributed by atoms with E-state index in [0.29, 0.717) is 16.5 Å². The van der Waals surface area contributed by atoms with Crippen LogP contribution in [-0.4, -0.2) is 7.11 Å². The standard InChI is InChI=1S/C15H11ClF2N2O/c1-8-3-13(14(21-2)6-10(8)16)20-15-11(17)4-9(7-19)5-12(15)18/h3-6,20H,1-2H3. The molecule has 0 saturated carbocycles. The van der Waals surface area contributed by atoms with E-state index in [4.69, 9.17) is 21.6 Å². The number of hydrogen-bond acceptors (Lipinski definition) is 3. The lowest BCUT2D eigenvalue weighted by Crippen LogP contribution is -2.01. The quantitative estimate of drug-likeness (QED) is 0.904. The van der Waals surface area contributed by atoms with Gasteiger partial charge < -0.3 is 10.1 Å². The first-order valence-corrected chi connectivity index (χ1v) is 6.34. The summed E-state index contributed by atoms with van der Waals surface area (Å²) in [5, 5.41) is 11.8. The lowest BCUT2D eigenvalue weighted by molar-refractivity contribution is 0.416. The van der Waals surface area contributed by atoms with Gasteiger partial charge in [0.2, 0.25) is 0 Å². The Hall–Kier alpha value is -2.32. The summed E-state index contributed by atoms with van der Waals surface area (Å²) in [5.74, 6) is -1.36. The van der Waals surface area contributed by atoms with Gasteiger partial charge in [0.15, 0.2) is 11.6 Å². The van der Waals surface area contributed by atoms with Crippen LogP contribution in [-0.2, 0) is 0 Å². The van der Waals surface area contributed by atoms with E-state index in [0.717, 1.165) is 17.7 Å². The Morgan fingerprint density at radius 1 is 1.19 bits per heavy atom. The van der Waals surface area contributed by atoms with Crippen LogP contribution in [0.3, 0.4) is 0 Å². The zero-order valence-corrected chi connectivity index (χ0v) is 12.1. The van der Waals surface area contributed by atoms with Gasteiger partial charge in [0, 0.05) is 11.1 Å². The average molecular weight is 309 g/mol. The Morgan fingerprint density at radius 2 is 1.81 bits per heavy atom. The molecule has 2 aromatic carbocycles. The number of rotatable bonds is 3. The second kappa shape index (κ2) is 5.98. The summed E-state index contributed by atoms with van der Waals surface area (Å²) >= 11 is 5.98. The molecule has 0 unspecified atom stereocenters. The van der Waals surface area contributed by atoms with Gasteiger partial charge in [0.1, 0.15) is 11.4 Å². The predicted octanol–water partition coefficient (Wildman–Crippen LogP) is 4.55. The molecule has 0 aliphatic heterocycles. The van der Waals surface area contributed by atoms with Crippen LogP contribution >= 0.6 is 11.6 Å². The minimum atomic E-state index is -0.860. The molecule has 0 aromatic heterocycles. The third kappa shape index (κ3) is 3.06. The van der Waals surface area contributed by atoms with Crippen LogP contribution < -0.4 is 10.1 Å². The Labute approximate surface area is 125 Å². The van der Waals surface area contributed by atoms with Crippen LogP contribution in [0.2, 0.25) is 5.02 Å². The van der Waals surface area contributed by atoms with Crippen molar-refractivity contribution in [2.45, 2.75) is 6.92 Å². The van der Waals surface area contributed by atoms with Gasteiger partial charge in [-0.3, -0.25) is 0 Å². The van der Waals surface area contributed by atoms with Gasteiger partial charge in [0.25, 0.3) is 0 Å². The smallest absolute Gasteiger partial charge is 0.150 e. The minimum Gasteiger partial charge on any atom is -0.495 e. The summed E-state index contributed by atoms with van der Waals surface area (Å²) in [7, 11) is 1.43. The molecule has 0 spiro atoms. The van der Waals surface area contributed by atoms with E-state index < -0.39 is 11.6 Å². The third-order valence-corrected chi connectivity index (χ3v) is 3.32. The molecule has 108 valence electrons. The van der Waals surface area contributed by atoms with E-state index >= 15 is 0 Å². The number of ether oxygens (including phenoxy) is 1. The molecular formula is C15H11ClF2N2O. The summed E-state index contributed by atoms with van der Waals surface area (Å²) in [5.41, 5.74) is 0.667. The van der Waals surface area contributed by atoms with Crippen LogP contribution in [0.15, 0.2) is 24.3 Å². The first kappa shape index (κ1) is 15.1. The highest BCUT2D eigenvalue weighted by atomic mass is 35.5. The monoisotopic (exact) mass is 308 g/mol. The lowest BCUT2D eigenvalue weighted by atomic mass is 10.1. The van der Waals surface area contributed by atoms with Crippen molar-refractivity contribution in [1.29, 1.82) is 5.26 Å². The zero-order valence-electron chi connectivity index (χ0n) is 11.3. The summed E-state index contributed by atoms with van der Waals surface area (Å²) in [6, 6.07) is 6.78. The highest BCUT2D eigenvalue weighted by Gasteiger charge is 2.14. The largest absolute Gasteiger partial charge is 0.495 e. The summed E-state index contributed by atoms with van der Waals surface area (Å²) in [6.07, 6.45) is 0. The Balaban J connectivity index is 2.48. The topological polar surface area (TPSA) is 45.0 Å². The number of methoxy groups -OCH3 is 1. The molecule has 0 aliphatic rings. The molecule has 0 amide bonds. The van der Waals surface area contributed by atoms with Crippen molar-refractivity contribution >= 4 is 23.0 Å². The van der Waals surface area contributed by atoms with Gasteiger partial charge in [-0.2, -0.15) is 5.26 Å². The molecule has 0 heterocycles. The molecule has 2 rings (SSSR count). The van der Waals surface area contributed by atoms with E-state index in [1.165, 1.54) is 7.11 Å². The number of benzene rings is 2. The van der Waals surface area contributed by atoms with Crippen molar-refractivity contribution < 1.29 is 13.5 Å². The van der Waals surface area contributed by atoms with E-state index in [2.05, 4.69) is 5.32 Å². The highest BCUT2D eigenvalue weighted by molar-refractivity contribution is 6.31. The van der Waals surface area contributed by atoms with Gasteiger partial charge in [0.05, 0.1) is 24.4 Å². The number of anilines is 2. The van der Waals surface area contributed by atoms with E-state index in [1.54, 1.807) is 25.1 Å². The fourth-order valence-corrected chi connectivity index (χ4v) is 1.98.